The molecular formula is C14H19NO4. The van der Waals surface area contributed by atoms with E-state index in [-0.39, 0.29) is 18.9 Å². The maximum Gasteiger partial charge on any atom is 0.323 e. The molecular weight excluding hydrogens is 246 g/mol. The molecule has 104 valence electrons. The monoisotopic (exact) mass is 265 g/mol. The van der Waals surface area contributed by atoms with Crippen LogP contribution >= 0.6 is 0 Å². The summed E-state index contributed by atoms with van der Waals surface area (Å²) in [4.78, 5) is 23.8. The summed E-state index contributed by atoms with van der Waals surface area (Å²) in [5.74, 6) is -1.24. The standard InChI is InChI=1S/C14H19NO4/c1-3-19-14(18)8-9-15(10-13(16)17)12-6-4-11(2)5-7-12/h4-7H,3,8-10H2,1-2H3,(H,16,17). The smallest absolute Gasteiger partial charge is 0.323 e. The van der Waals surface area contributed by atoms with Crippen LogP contribution in [0.4, 0.5) is 5.69 Å². The van der Waals surface area contributed by atoms with Gasteiger partial charge in [-0.2, -0.15) is 0 Å². The lowest BCUT2D eigenvalue weighted by atomic mass is 10.2. The predicted molar refractivity (Wildman–Crippen MR) is 72.3 cm³/mol. The summed E-state index contributed by atoms with van der Waals surface area (Å²) in [5.41, 5.74) is 1.89. The van der Waals surface area contributed by atoms with E-state index in [1.54, 1.807) is 11.8 Å². The highest BCUT2D eigenvalue weighted by atomic mass is 16.5. The van der Waals surface area contributed by atoms with Crippen molar-refractivity contribution in [2.24, 2.45) is 0 Å². The Morgan fingerprint density at radius 2 is 1.89 bits per heavy atom. The maximum atomic E-state index is 11.3. The lowest BCUT2D eigenvalue weighted by Crippen LogP contribution is -2.32. The van der Waals surface area contributed by atoms with Crippen LogP contribution in [0.15, 0.2) is 24.3 Å². The van der Waals surface area contributed by atoms with Gasteiger partial charge in [-0.3, -0.25) is 9.59 Å². The lowest BCUT2D eigenvalue weighted by molar-refractivity contribution is -0.143. The van der Waals surface area contributed by atoms with Crippen LogP contribution in [0.3, 0.4) is 0 Å². The number of carbonyl (C=O) groups is 2. The molecule has 0 saturated heterocycles. The summed E-state index contributed by atoms with van der Waals surface area (Å²) < 4.78 is 4.84. The van der Waals surface area contributed by atoms with Gasteiger partial charge in [0.25, 0.3) is 0 Å². The van der Waals surface area contributed by atoms with Crippen LogP contribution in [-0.2, 0) is 14.3 Å². The third-order valence-corrected chi connectivity index (χ3v) is 2.62. The molecule has 1 N–H and O–H groups in total. The van der Waals surface area contributed by atoms with Crippen molar-refractivity contribution in [2.45, 2.75) is 20.3 Å². The van der Waals surface area contributed by atoms with Crippen LogP contribution in [0.5, 0.6) is 0 Å². The molecule has 5 heteroatoms. The van der Waals surface area contributed by atoms with Crippen molar-refractivity contribution in [1.82, 2.24) is 0 Å². The van der Waals surface area contributed by atoms with Crippen LogP contribution in [0.2, 0.25) is 0 Å². The largest absolute Gasteiger partial charge is 0.480 e. The van der Waals surface area contributed by atoms with E-state index in [4.69, 9.17) is 9.84 Å². The number of rotatable bonds is 7. The van der Waals surface area contributed by atoms with E-state index < -0.39 is 5.97 Å². The number of carbonyl (C=O) groups excluding carboxylic acids is 1. The topological polar surface area (TPSA) is 66.8 Å². The van der Waals surface area contributed by atoms with Crippen molar-refractivity contribution in [3.63, 3.8) is 0 Å². The van der Waals surface area contributed by atoms with Gasteiger partial charge in [-0.25, -0.2) is 0 Å². The molecule has 0 bridgehead atoms. The highest BCUT2D eigenvalue weighted by Gasteiger charge is 2.13. The molecule has 1 aromatic carbocycles. The fraction of sp³-hybridized carbons (Fsp3) is 0.429. The minimum Gasteiger partial charge on any atom is -0.480 e. The Hall–Kier alpha value is -2.04. The minimum atomic E-state index is -0.926. The second-order valence-electron chi connectivity index (χ2n) is 4.21. The third kappa shape index (κ3) is 5.42. The van der Waals surface area contributed by atoms with Crippen LogP contribution in [-0.4, -0.2) is 36.7 Å². The van der Waals surface area contributed by atoms with E-state index in [9.17, 15) is 9.59 Å². The molecule has 0 spiro atoms. The maximum absolute atomic E-state index is 11.3. The average molecular weight is 265 g/mol. The SMILES string of the molecule is CCOC(=O)CCN(CC(=O)O)c1ccc(C)cc1. The average Bonchev–Trinajstić information content (AvgIpc) is 2.35. The normalized spacial score (nSPS) is 10.0. The van der Waals surface area contributed by atoms with Crippen LogP contribution < -0.4 is 4.90 Å². The summed E-state index contributed by atoms with van der Waals surface area (Å²) in [6, 6.07) is 7.52. The second-order valence-corrected chi connectivity index (χ2v) is 4.21. The molecule has 0 radical (unpaired) electrons. The zero-order chi connectivity index (χ0) is 14.3. The number of aliphatic carboxylic acids is 1. The number of carboxylic acid groups (broad SMARTS) is 1. The zero-order valence-corrected chi connectivity index (χ0v) is 11.3. The molecule has 0 aliphatic rings. The summed E-state index contributed by atoms with van der Waals surface area (Å²) >= 11 is 0. The molecule has 0 fully saturated rings. The Morgan fingerprint density at radius 1 is 1.26 bits per heavy atom. The highest BCUT2D eigenvalue weighted by Crippen LogP contribution is 2.15. The fourth-order valence-electron chi connectivity index (χ4n) is 1.68. The van der Waals surface area contributed by atoms with Crippen molar-refractivity contribution in [2.75, 3.05) is 24.6 Å². The van der Waals surface area contributed by atoms with Crippen molar-refractivity contribution in [3.8, 4) is 0 Å². The number of ether oxygens (including phenoxy) is 1. The number of esters is 1. The minimum absolute atomic E-state index is 0.136. The number of nitrogens with zero attached hydrogens (tertiary/aromatic N) is 1. The van der Waals surface area contributed by atoms with Gasteiger partial charge >= 0.3 is 11.9 Å². The van der Waals surface area contributed by atoms with E-state index in [1.807, 2.05) is 31.2 Å². The van der Waals surface area contributed by atoms with Crippen LogP contribution in [0, 0.1) is 6.92 Å². The number of aryl methyl sites for hydroxylation is 1. The van der Waals surface area contributed by atoms with E-state index in [0.717, 1.165) is 11.3 Å². The summed E-state index contributed by atoms with van der Waals surface area (Å²) in [7, 11) is 0. The van der Waals surface area contributed by atoms with Crippen molar-refractivity contribution < 1.29 is 19.4 Å². The molecule has 0 aliphatic carbocycles. The molecule has 1 aromatic rings. The molecule has 1 rings (SSSR count). The molecule has 19 heavy (non-hydrogen) atoms. The molecule has 0 heterocycles. The molecule has 0 aliphatic heterocycles. The van der Waals surface area contributed by atoms with Gasteiger partial charge < -0.3 is 14.7 Å². The molecule has 0 atom stereocenters. The van der Waals surface area contributed by atoms with Gasteiger partial charge in [0.15, 0.2) is 0 Å². The van der Waals surface area contributed by atoms with Gasteiger partial charge in [0.2, 0.25) is 0 Å². The van der Waals surface area contributed by atoms with Crippen LogP contribution in [0.25, 0.3) is 0 Å². The Labute approximate surface area is 112 Å². The first-order chi connectivity index (χ1) is 9.02. The first-order valence-electron chi connectivity index (χ1n) is 6.22. The molecule has 0 unspecified atom stereocenters. The van der Waals surface area contributed by atoms with E-state index >= 15 is 0 Å². The predicted octanol–water partition coefficient (Wildman–Crippen LogP) is 1.84. The number of anilines is 1. The van der Waals surface area contributed by atoms with Crippen LogP contribution in [0.1, 0.15) is 18.9 Å². The highest BCUT2D eigenvalue weighted by molar-refractivity contribution is 5.75. The summed E-state index contributed by atoms with van der Waals surface area (Å²) in [6.07, 6.45) is 0.176. The van der Waals surface area contributed by atoms with E-state index in [1.165, 1.54) is 0 Å². The van der Waals surface area contributed by atoms with E-state index in [0.29, 0.717) is 13.2 Å². The Kier molecular flexibility index (Phi) is 5.85. The zero-order valence-electron chi connectivity index (χ0n) is 11.3. The first kappa shape index (κ1) is 15.0. The Morgan fingerprint density at radius 3 is 2.42 bits per heavy atom. The number of hydrogen-bond acceptors (Lipinski definition) is 4. The van der Waals surface area contributed by atoms with Crippen molar-refractivity contribution in [1.29, 1.82) is 0 Å². The quantitative estimate of drug-likeness (QED) is 0.762. The number of hydrogen-bond donors (Lipinski definition) is 1. The van der Waals surface area contributed by atoms with Gasteiger partial charge in [-0.15, -0.1) is 0 Å². The van der Waals surface area contributed by atoms with Gasteiger partial charge in [0.05, 0.1) is 13.0 Å². The fourth-order valence-corrected chi connectivity index (χ4v) is 1.68. The molecule has 5 nitrogen and oxygen atoms in total. The first-order valence-corrected chi connectivity index (χ1v) is 6.22. The van der Waals surface area contributed by atoms with Gasteiger partial charge in [0.1, 0.15) is 6.54 Å². The Bertz CT molecular complexity index is 428. The van der Waals surface area contributed by atoms with Crippen molar-refractivity contribution >= 4 is 17.6 Å². The molecule has 0 amide bonds. The lowest BCUT2D eigenvalue weighted by Gasteiger charge is -2.22. The summed E-state index contributed by atoms with van der Waals surface area (Å²) in [5, 5.41) is 8.91. The van der Waals surface area contributed by atoms with Gasteiger partial charge in [0, 0.05) is 12.2 Å². The summed E-state index contributed by atoms with van der Waals surface area (Å²) in [6.45, 7) is 4.23. The Balaban J connectivity index is 2.69. The second kappa shape index (κ2) is 7.41. The van der Waals surface area contributed by atoms with Gasteiger partial charge in [-0.05, 0) is 26.0 Å². The van der Waals surface area contributed by atoms with Gasteiger partial charge in [-0.1, -0.05) is 17.7 Å². The molecule has 0 aromatic heterocycles. The van der Waals surface area contributed by atoms with Crippen molar-refractivity contribution in [3.05, 3.63) is 29.8 Å². The third-order valence-electron chi connectivity index (χ3n) is 2.62. The number of carboxylic acids is 1. The number of benzene rings is 1. The van der Waals surface area contributed by atoms with E-state index in [2.05, 4.69) is 0 Å². The molecule has 0 saturated carbocycles.